The lowest BCUT2D eigenvalue weighted by Crippen LogP contribution is -2.06. The molecule has 0 amide bonds. The molecule has 20 heavy (non-hydrogen) atoms. The van der Waals surface area contributed by atoms with Crippen LogP contribution in [0, 0.1) is 0 Å². The van der Waals surface area contributed by atoms with Crippen molar-refractivity contribution >= 4 is 5.69 Å². The van der Waals surface area contributed by atoms with Crippen LogP contribution in [0.1, 0.15) is 11.1 Å². The zero-order valence-electron chi connectivity index (χ0n) is 10.6. The lowest BCUT2D eigenvalue weighted by atomic mass is 10.2. The topological polar surface area (TPSA) is 50.1 Å². The summed E-state index contributed by atoms with van der Waals surface area (Å²) >= 11 is 0. The Hall–Kier alpha value is -2.02. The number of nitrogens with zero attached hydrogens (tertiary/aromatic N) is 2. The monoisotopic (exact) mass is 285 g/mol. The van der Waals surface area contributed by atoms with Crippen LogP contribution >= 0.6 is 0 Å². The van der Waals surface area contributed by atoms with Gasteiger partial charge in [-0.15, -0.1) is 0 Å². The van der Waals surface area contributed by atoms with E-state index in [0.29, 0.717) is 18.8 Å². The van der Waals surface area contributed by atoms with E-state index in [1.54, 1.807) is 23.1 Å². The Kier molecular flexibility index (Phi) is 4.29. The van der Waals surface area contributed by atoms with Crippen molar-refractivity contribution in [3.05, 3.63) is 47.8 Å². The third-order valence-corrected chi connectivity index (χ3v) is 2.70. The second-order valence-corrected chi connectivity index (χ2v) is 4.27. The summed E-state index contributed by atoms with van der Waals surface area (Å²) in [6, 6.07) is 5.04. The van der Waals surface area contributed by atoms with Crippen LogP contribution in [0.3, 0.4) is 0 Å². The van der Waals surface area contributed by atoms with Crippen molar-refractivity contribution in [1.29, 1.82) is 0 Å². The molecule has 0 aliphatic heterocycles. The fraction of sp³-hybridized carbons (Fsp3) is 0.308. The third kappa shape index (κ3) is 3.74. The highest BCUT2D eigenvalue weighted by Gasteiger charge is 2.30. The predicted octanol–water partition coefficient (Wildman–Crippen LogP) is 2.51. The molecule has 4 nitrogen and oxygen atoms in total. The van der Waals surface area contributed by atoms with E-state index >= 15 is 0 Å². The molecule has 0 aliphatic carbocycles. The molecule has 2 rings (SSSR count). The number of hydrogen-bond acceptors (Lipinski definition) is 3. The van der Waals surface area contributed by atoms with Gasteiger partial charge in [0.15, 0.2) is 0 Å². The largest absolute Gasteiger partial charge is 0.416 e. The molecule has 0 fully saturated rings. The van der Waals surface area contributed by atoms with Crippen molar-refractivity contribution in [1.82, 2.24) is 9.78 Å². The average Bonchev–Trinajstić information content (AvgIpc) is 2.84. The summed E-state index contributed by atoms with van der Waals surface area (Å²) in [5, 5.41) is 15.7. The van der Waals surface area contributed by atoms with Gasteiger partial charge in [0, 0.05) is 24.0 Å². The first-order valence-electron chi connectivity index (χ1n) is 6.02. The van der Waals surface area contributed by atoms with Gasteiger partial charge in [-0.3, -0.25) is 4.68 Å². The Morgan fingerprint density at radius 3 is 2.80 bits per heavy atom. The molecule has 1 aromatic heterocycles. The number of aromatic nitrogens is 2. The normalized spacial score (nSPS) is 11.6. The van der Waals surface area contributed by atoms with E-state index in [1.807, 2.05) is 0 Å². The predicted molar refractivity (Wildman–Crippen MR) is 68.1 cm³/mol. The van der Waals surface area contributed by atoms with Crippen LogP contribution in [-0.4, -0.2) is 21.5 Å². The molecular formula is C13H14F3N3O. The summed E-state index contributed by atoms with van der Waals surface area (Å²) in [7, 11) is 0. The molecule has 0 unspecified atom stereocenters. The number of halogens is 3. The van der Waals surface area contributed by atoms with Crippen LogP contribution < -0.4 is 5.32 Å². The molecule has 108 valence electrons. The van der Waals surface area contributed by atoms with Crippen LogP contribution in [-0.2, 0) is 19.3 Å². The Morgan fingerprint density at radius 1 is 1.30 bits per heavy atom. The van der Waals surface area contributed by atoms with E-state index in [2.05, 4.69) is 10.4 Å². The van der Waals surface area contributed by atoms with Crippen molar-refractivity contribution in [2.75, 3.05) is 11.9 Å². The van der Waals surface area contributed by atoms with Crippen LogP contribution in [0.15, 0.2) is 36.7 Å². The number of rotatable bonds is 5. The molecule has 0 saturated carbocycles. The molecule has 0 radical (unpaired) electrons. The lowest BCUT2D eigenvalue weighted by Gasteiger charge is -2.09. The summed E-state index contributed by atoms with van der Waals surface area (Å²) in [6.07, 6.45) is -1.00. The number of benzene rings is 1. The SMILES string of the molecule is OCCn1cc(CNc2cccc(C(F)(F)F)c2)cn1. The van der Waals surface area contributed by atoms with Gasteiger partial charge < -0.3 is 10.4 Å². The summed E-state index contributed by atoms with van der Waals surface area (Å²) in [6.45, 7) is 0.748. The molecule has 0 saturated heterocycles. The molecule has 1 heterocycles. The Labute approximate surface area is 113 Å². The van der Waals surface area contributed by atoms with Gasteiger partial charge in [-0.25, -0.2) is 0 Å². The van der Waals surface area contributed by atoms with Crippen LogP contribution in [0.4, 0.5) is 18.9 Å². The van der Waals surface area contributed by atoms with Gasteiger partial charge in [-0.1, -0.05) is 6.07 Å². The minimum absolute atomic E-state index is 0.0117. The number of anilines is 1. The fourth-order valence-electron chi connectivity index (χ4n) is 1.73. The molecule has 1 aromatic carbocycles. The molecule has 0 aliphatic rings. The summed E-state index contributed by atoms with van der Waals surface area (Å²) < 4.78 is 39.2. The number of aliphatic hydroxyl groups excluding tert-OH is 1. The lowest BCUT2D eigenvalue weighted by molar-refractivity contribution is -0.137. The van der Waals surface area contributed by atoms with Crippen LogP contribution in [0.5, 0.6) is 0 Å². The van der Waals surface area contributed by atoms with E-state index in [1.165, 1.54) is 6.07 Å². The van der Waals surface area contributed by atoms with E-state index in [-0.39, 0.29) is 6.61 Å². The molecule has 2 N–H and O–H groups in total. The molecule has 7 heteroatoms. The standard InChI is InChI=1S/C13H14F3N3O/c14-13(15,16)11-2-1-3-12(6-11)17-7-10-8-18-19(9-10)4-5-20/h1-3,6,8-9,17,20H,4-5,7H2. The van der Waals surface area contributed by atoms with Gasteiger partial charge in [0.2, 0.25) is 0 Å². The second-order valence-electron chi connectivity index (χ2n) is 4.27. The van der Waals surface area contributed by atoms with E-state index in [4.69, 9.17) is 5.11 Å². The van der Waals surface area contributed by atoms with Crippen LogP contribution in [0.25, 0.3) is 0 Å². The van der Waals surface area contributed by atoms with Crippen molar-refractivity contribution < 1.29 is 18.3 Å². The van der Waals surface area contributed by atoms with Crippen LogP contribution in [0.2, 0.25) is 0 Å². The molecule has 0 bridgehead atoms. The van der Waals surface area contributed by atoms with Crippen molar-refractivity contribution in [3.8, 4) is 0 Å². The van der Waals surface area contributed by atoms with Gasteiger partial charge in [0.05, 0.1) is 24.9 Å². The first-order valence-corrected chi connectivity index (χ1v) is 6.02. The van der Waals surface area contributed by atoms with Gasteiger partial charge in [0.25, 0.3) is 0 Å². The Morgan fingerprint density at radius 2 is 2.10 bits per heavy atom. The van der Waals surface area contributed by atoms with Gasteiger partial charge >= 0.3 is 6.18 Å². The first kappa shape index (κ1) is 14.4. The Bertz CT molecular complexity index is 566. The number of aliphatic hydroxyl groups is 1. The minimum atomic E-state index is -4.34. The number of nitrogens with one attached hydrogen (secondary N) is 1. The van der Waals surface area contributed by atoms with Gasteiger partial charge in [-0.05, 0) is 18.2 Å². The first-order chi connectivity index (χ1) is 9.49. The maximum Gasteiger partial charge on any atom is 0.416 e. The Balaban J connectivity index is 1.99. The number of hydrogen-bond donors (Lipinski definition) is 2. The van der Waals surface area contributed by atoms with E-state index in [9.17, 15) is 13.2 Å². The molecule has 0 spiro atoms. The molecule has 2 aromatic rings. The van der Waals surface area contributed by atoms with Crippen molar-refractivity contribution in [2.24, 2.45) is 0 Å². The second kappa shape index (κ2) is 5.96. The summed E-state index contributed by atoms with van der Waals surface area (Å²) in [4.78, 5) is 0. The quantitative estimate of drug-likeness (QED) is 0.887. The van der Waals surface area contributed by atoms with E-state index in [0.717, 1.165) is 17.7 Å². The number of alkyl halides is 3. The molecular weight excluding hydrogens is 271 g/mol. The highest BCUT2D eigenvalue weighted by atomic mass is 19.4. The van der Waals surface area contributed by atoms with Crippen molar-refractivity contribution in [3.63, 3.8) is 0 Å². The smallest absolute Gasteiger partial charge is 0.394 e. The molecule has 0 atom stereocenters. The maximum atomic E-state index is 12.6. The van der Waals surface area contributed by atoms with E-state index < -0.39 is 11.7 Å². The fourth-order valence-corrected chi connectivity index (χ4v) is 1.73. The third-order valence-electron chi connectivity index (χ3n) is 2.70. The average molecular weight is 285 g/mol. The highest BCUT2D eigenvalue weighted by Crippen LogP contribution is 2.30. The van der Waals surface area contributed by atoms with Gasteiger partial charge in [-0.2, -0.15) is 18.3 Å². The minimum Gasteiger partial charge on any atom is -0.394 e. The van der Waals surface area contributed by atoms with Gasteiger partial charge in [0.1, 0.15) is 0 Å². The summed E-state index contributed by atoms with van der Waals surface area (Å²) in [5.74, 6) is 0. The van der Waals surface area contributed by atoms with Crippen molar-refractivity contribution in [2.45, 2.75) is 19.3 Å². The maximum absolute atomic E-state index is 12.6. The highest BCUT2D eigenvalue weighted by molar-refractivity contribution is 5.46. The zero-order valence-corrected chi connectivity index (χ0v) is 10.6. The zero-order chi connectivity index (χ0) is 14.6. The summed E-state index contributed by atoms with van der Waals surface area (Å²) in [5.41, 5.74) is 0.545.